The minimum atomic E-state index is -0.872. The third-order valence-electron chi connectivity index (χ3n) is 11.2. The molecule has 0 rings (SSSR count). The van der Waals surface area contributed by atoms with E-state index >= 15 is 0 Å². The van der Waals surface area contributed by atoms with Gasteiger partial charge in [-0.25, -0.2) is 4.79 Å². The molecule has 0 aromatic rings. The number of rotatable bonds is 44. The number of aliphatic carboxylic acids is 1. The number of hydrogen-bond donors (Lipinski definition) is 1. The van der Waals surface area contributed by atoms with E-state index in [1.807, 2.05) is 21.1 Å². The number of carbonyl (C=O) groups excluding carboxylic acids is 2. The van der Waals surface area contributed by atoms with Crippen molar-refractivity contribution in [1.29, 1.82) is 0 Å². The fraction of sp³-hybridized carbons (Fsp3) is 0.898. The zero-order chi connectivity index (χ0) is 42.1. The van der Waals surface area contributed by atoms with Crippen LogP contribution in [0.2, 0.25) is 0 Å². The van der Waals surface area contributed by atoms with Crippen molar-refractivity contribution in [3.05, 3.63) is 12.2 Å². The molecule has 0 spiro atoms. The maximum absolute atomic E-state index is 12.8. The number of carboxylic acids is 1. The number of nitrogens with zero attached hydrogens (tertiary/aromatic N) is 1. The Morgan fingerprint density at radius 2 is 0.877 bits per heavy atom. The summed E-state index contributed by atoms with van der Waals surface area (Å²) >= 11 is 0. The molecule has 1 N–H and O–H groups in total. The molecular weight excluding hydrogens is 715 g/mol. The first-order valence-electron chi connectivity index (χ1n) is 24.2. The molecule has 0 heterocycles. The van der Waals surface area contributed by atoms with E-state index in [0.29, 0.717) is 19.3 Å². The lowest BCUT2D eigenvalue weighted by Crippen LogP contribution is -2.50. The lowest BCUT2D eigenvalue weighted by Gasteiger charge is -2.31. The van der Waals surface area contributed by atoms with Crippen molar-refractivity contribution in [1.82, 2.24) is 0 Å². The van der Waals surface area contributed by atoms with Crippen LogP contribution in [-0.2, 0) is 28.6 Å². The minimum Gasteiger partial charge on any atom is -0.477 e. The number of likely N-dealkylation sites (N-methyl/N-ethyl adjacent to an activating group) is 1. The molecule has 0 fully saturated rings. The van der Waals surface area contributed by atoms with Crippen molar-refractivity contribution in [2.75, 3.05) is 41.0 Å². The van der Waals surface area contributed by atoms with Gasteiger partial charge >= 0.3 is 17.9 Å². The molecule has 0 aromatic carbocycles. The predicted octanol–water partition coefficient (Wildman–Crippen LogP) is 13.5. The lowest BCUT2D eigenvalue weighted by molar-refractivity contribution is -0.887. The Bertz CT molecular complexity index is 947. The zero-order valence-electron chi connectivity index (χ0n) is 38.3. The molecule has 0 saturated heterocycles. The lowest BCUT2D eigenvalue weighted by atomic mass is 10.0. The van der Waals surface area contributed by atoms with Gasteiger partial charge in [-0.3, -0.25) is 9.59 Å². The van der Waals surface area contributed by atoms with Crippen molar-refractivity contribution in [2.24, 2.45) is 0 Å². The van der Waals surface area contributed by atoms with Gasteiger partial charge in [0.25, 0.3) is 0 Å². The van der Waals surface area contributed by atoms with Gasteiger partial charge in [0.05, 0.1) is 34.4 Å². The van der Waals surface area contributed by atoms with Gasteiger partial charge in [-0.1, -0.05) is 187 Å². The average Bonchev–Trinajstić information content (AvgIpc) is 3.17. The van der Waals surface area contributed by atoms with E-state index in [0.717, 1.165) is 38.5 Å². The highest BCUT2D eigenvalue weighted by atomic mass is 16.6. The topological polar surface area (TPSA) is 99.1 Å². The molecule has 0 aromatic heterocycles. The van der Waals surface area contributed by atoms with E-state index in [1.165, 1.54) is 161 Å². The van der Waals surface area contributed by atoms with E-state index in [9.17, 15) is 19.5 Å². The standard InChI is InChI=1S/C49H93NO7/c1-6-8-10-12-14-16-18-20-22-24-26-28-30-32-34-36-38-40-48(52)57-45(43-55-42-41-46(49(53)54)50(3,4)5)44-56-47(51)39-37-35-33-31-29-27-25-23-21-19-17-15-13-11-9-7-2/h20,22,45-46H,6-19,21,23-44H2,1-5H3/p+1/b22-20+. The number of carbonyl (C=O) groups is 3. The van der Waals surface area contributed by atoms with Crippen LogP contribution < -0.4 is 0 Å². The summed E-state index contributed by atoms with van der Waals surface area (Å²) in [7, 11) is 5.54. The summed E-state index contributed by atoms with van der Waals surface area (Å²) in [4.78, 5) is 37.1. The van der Waals surface area contributed by atoms with Gasteiger partial charge in [-0.15, -0.1) is 0 Å². The van der Waals surface area contributed by atoms with Gasteiger partial charge in [-0.05, 0) is 38.5 Å². The van der Waals surface area contributed by atoms with Crippen LogP contribution in [0.25, 0.3) is 0 Å². The molecule has 8 nitrogen and oxygen atoms in total. The van der Waals surface area contributed by atoms with Gasteiger partial charge in [0.2, 0.25) is 0 Å². The van der Waals surface area contributed by atoms with Crippen LogP contribution in [0.1, 0.15) is 232 Å². The normalized spacial score (nSPS) is 12.9. The number of allylic oxidation sites excluding steroid dienone is 2. The molecule has 0 aliphatic carbocycles. The van der Waals surface area contributed by atoms with E-state index in [2.05, 4.69) is 26.0 Å². The van der Waals surface area contributed by atoms with Crippen molar-refractivity contribution in [3.8, 4) is 0 Å². The van der Waals surface area contributed by atoms with Crippen molar-refractivity contribution >= 4 is 17.9 Å². The molecule has 2 unspecified atom stereocenters. The van der Waals surface area contributed by atoms with Crippen LogP contribution in [0.5, 0.6) is 0 Å². The Morgan fingerprint density at radius 1 is 0.509 bits per heavy atom. The molecule has 0 aliphatic rings. The second-order valence-corrected chi connectivity index (χ2v) is 17.7. The van der Waals surface area contributed by atoms with Gasteiger partial charge < -0.3 is 23.8 Å². The van der Waals surface area contributed by atoms with Gasteiger partial charge in [-0.2, -0.15) is 0 Å². The Balaban J connectivity index is 4.26. The highest BCUT2D eigenvalue weighted by Gasteiger charge is 2.31. The summed E-state index contributed by atoms with van der Waals surface area (Å²) in [5.41, 5.74) is 0. The molecule has 0 radical (unpaired) electrons. The van der Waals surface area contributed by atoms with E-state index in [4.69, 9.17) is 14.2 Å². The predicted molar refractivity (Wildman–Crippen MR) is 239 cm³/mol. The third kappa shape index (κ3) is 39.3. The monoisotopic (exact) mass is 809 g/mol. The zero-order valence-corrected chi connectivity index (χ0v) is 38.3. The van der Waals surface area contributed by atoms with E-state index in [-0.39, 0.29) is 36.2 Å². The number of quaternary nitrogens is 1. The molecule has 0 amide bonds. The summed E-state index contributed by atoms with van der Waals surface area (Å²) < 4.78 is 17.3. The maximum Gasteiger partial charge on any atom is 0.362 e. The van der Waals surface area contributed by atoms with Crippen LogP contribution in [0.15, 0.2) is 12.2 Å². The first-order valence-corrected chi connectivity index (χ1v) is 24.2. The number of esters is 2. The van der Waals surface area contributed by atoms with Crippen LogP contribution in [-0.4, -0.2) is 80.6 Å². The van der Waals surface area contributed by atoms with Crippen LogP contribution in [0, 0.1) is 0 Å². The number of ether oxygens (including phenoxy) is 3. The molecule has 336 valence electrons. The first-order chi connectivity index (χ1) is 27.6. The molecular formula is C49H94NO7+. The second kappa shape index (κ2) is 40.8. The number of carboxylic acid groups (broad SMARTS) is 1. The summed E-state index contributed by atoms with van der Waals surface area (Å²) in [6.07, 6.45) is 43.9. The van der Waals surface area contributed by atoms with Crippen molar-refractivity contribution in [2.45, 2.75) is 244 Å². The Kier molecular flexibility index (Phi) is 39.4. The van der Waals surface area contributed by atoms with Crippen LogP contribution in [0.3, 0.4) is 0 Å². The first kappa shape index (κ1) is 55.1. The van der Waals surface area contributed by atoms with E-state index in [1.54, 1.807) is 0 Å². The number of unbranched alkanes of at least 4 members (excludes halogenated alkanes) is 28. The Hall–Kier alpha value is -1.93. The van der Waals surface area contributed by atoms with Crippen molar-refractivity contribution < 1.29 is 38.2 Å². The van der Waals surface area contributed by atoms with Crippen LogP contribution >= 0.6 is 0 Å². The second-order valence-electron chi connectivity index (χ2n) is 17.7. The van der Waals surface area contributed by atoms with Crippen molar-refractivity contribution in [3.63, 3.8) is 0 Å². The highest BCUT2D eigenvalue weighted by molar-refractivity contribution is 5.72. The summed E-state index contributed by atoms with van der Waals surface area (Å²) in [5.74, 6) is -1.45. The molecule has 0 aliphatic heterocycles. The highest BCUT2D eigenvalue weighted by Crippen LogP contribution is 2.16. The Labute approximate surface area is 352 Å². The fourth-order valence-corrected chi connectivity index (χ4v) is 7.38. The molecule has 8 heteroatoms. The molecule has 0 bridgehead atoms. The van der Waals surface area contributed by atoms with Crippen LogP contribution in [0.4, 0.5) is 0 Å². The minimum absolute atomic E-state index is 0.0463. The quantitative estimate of drug-likeness (QED) is 0.0283. The Morgan fingerprint density at radius 3 is 1.26 bits per heavy atom. The molecule has 57 heavy (non-hydrogen) atoms. The third-order valence-corrected chi connectivity index (χ3v) is 11.2. The van der Waals surface area contributed by atoms with E-state index < -0.39 is 18.1 Å². The smallest absolute Gasteiger partial charge is 0.362 e. The summed E-state index contributed by atoms with van der Waals surface area (Å²) in [6, 6.07) is -0.611. The maximum atomic E-state index is 12.8. The SMILES string of the molecule is CCCCCCCC/C=C/CCCCCCCCCC(=O)OC(COCCC(C(=O)O)[N+](C)(C)C)COC(=O)CCCCCCCCCCCCCCCCCC. The summed E-state index contributed by atoms with van der Waals surface area (Å²) in [6.45, 7) is 4.77. The van der Waals surface area contributed by atoms with Gasteiger partial charge in [0.1, 0.15) is 6.61 Å². The fourth-order valence-electron chi connectivity index (χ4n) is 7.38. The largest absolute Gasteiger partial charge is 0.477 e. The number of hydrogen-bond acceptors (Lipinski definition) is 6. The molecule has 0 saturated carbocycles. The van der Waals surface area contributed by atoms with Gasteiger partial charge in [0, 0.05) is 19.3 Å². The molecule has 2 atom stereocenters. The average molecular weight is 809 g/mol. The van der Waals surface area contributed by atoms with Gasteiger partial charge in [0.15, 0.2) is 12.1 Å². The summed E-state index contributed by atoms with van der Waals surface area (Å²) in [5, 5.41) is 9.63.